The lowest BCUT2D eigenvalue weighted by Gasteiger charge is -2.33. The van der Waals surface area contributed by atoms with Crippen LogP contribution in [0.4, 0.5) is 0 Å². The molecule has 37 heavy (non-hydrogen) atoms. The zero-order chi connectivity index (χ0) is 28.2. The van der Waals surface area contributed by atoms with Crippen LogP contribution in [-0.4, -0.2) is 74.6 Å². The van der Waals surface area contributed by atoms with E-state index >= 15 is 0 Å². The number of quaternary nitrogens is 1. The number of nitrogens with zero attached hydrogens (tertiary/aromatic N) is 1. The predicted molar refractivity (Wildman–Crippen MR) is 151 cm³/mol. The first kappa shape index (κ1) is 36.5. The lowest BCUT2D eigenvalue weighted by Crippen LogP contribution is -2.45. The molecule has 1 N–H and O–H groups in total. The first-order valence-corrected chi connectivity index (χ1v) is 16.0. The van der Waals surface area contributed by atoms with E-state index in [1.165, 1.54) is 84.0 Å². The van der Waals surface area contributed by atoms with Gasteiger partial charge in [0.1, 0.15) is 18.8 Å². The van der Waals surface area contributed by atoms with E-state index in [0.717, 1.165) is 12.8 Å². The summed E-state index contributed by atoms with van der Waals surface area (Å²) < 4.78 is 34.4. The van der Waals surface area contributed by atoms with Gasteiger partial charge in [0, 0.05) is 13.5 Å². The fourth-order valence-electron chi connectivity index (χ4n) is 3.93. The summed E-state index contributed by atoms with van der Waals surface area (Å²) in [4.78, 5) is 21.6. The minimum Gasteiger partial charge on any atom is -0.457 e. The summed E-state index contributed by atoms with van der Waals surface area (Å²) in [5.74, 6) is -0.500. The lowest BCUT2D eigenvalue weighted by atomic mass is 10.0. The zero-order valence-electron chi connectivity index (χ0n) is 25.1. The van der Waals surface area contributed by atoms with Crippen molar-refractivity contribution in [2.75, 3.05) is 47.5 Å². The summed E-state index contributed by atoms with van der Waals surface area (Å²) in [5.41, 5.74) is -0.871. The fraction of sp³-hybridized carbons (Fsp3) is 0.964. The summed E-state index contributed by atoms with van der Waals surface area (Å²) in [6.45, 7) is 8.03. The topological polar surface area (TPSA) is 91.3 Å². The van der Waals surface area contributed by atoms with Gasteiger partial charge in [-0.3, -0.25) is 13.8 Å². The van der Waals surface area contributed by atoms with E-state index in [2.05, 4.69) is 6.92 Å². The molecule has 0 saturated heterocycles. The molecule has 0 rings (SSSR count). The monoisotopic (exact) mass is 552 g/mol. The maximum Gasteiger partial charge on any atom is 0.472 e. The number of hydrogen-bond donors (Lipinski definition) is 1. The van der Waals surface area contributed by atoms with Gasteiger partial charge in [-0.25, -0.2) is 4.57 Å². The average Bonchev–Trinajstić information content (AvgIpc) is 2.77. The Balaban J connectivity index is 4.12. The molecule has 222 valence electrons. The summed E-state index contributed by atoms with van der Waals surface area (Å²) in [6, 6.07) is 0. The first-order chi connectivity index (χ1) is 17.3. The largest absolute Gasteiger partial charge is 0.472 e. The van der Waals surface area contributed by atoms with Crippen molar-refractivity contribution in [3.8, 4) is 0 Å². The standard InChI is InChI=1S/C28H58NO7P/c1-8-9-10-11-12-13-14-15-16-17-18-19-20-21-23-33-28(3,4)27(36-26(2)30)25-35-37(31,32)34-24-22-29(5,6)7/h27H,8-25H2,1-7H3/p+1. The molecule has 2 atom stereocenters. The van der Waals surface area contributed by atoms with Crippen LogP contribution in [0.1, 0.15) is 118 Å². The molecule has 0 aliphatic rings. The number of carbonyl (C=O) groups is 1. The Bertz CT molecular complexity index is 622. The molecule has 0 saturated carbocycles. The average molecular weight is 553 g/mol. The van der Waals surface area contributed by atoms with Gasteiger partial charge in [-0.05, 0) is 20.3 Å². The van der Waals surface area contributed by atoms with Crippen molar-refractivity contribution in [2.24, 2.45) is 0 Å². The number of likely N-dealkylation sites (N-methyl/N-ethyl adjacent to an activating group) is 1. The Labute approximate surface area is 228 Å². The summed E-state index contributed by atoms with van der Waals surface area (Å²) >= 11 is 0. The highest BCUT2D eigenvalue weighted by Gasteiger charge is 2.36. The second kappa shape index (κ2) is 20.4. The van der Waals surface area contributed by atoms with Gasteiger partial charge in [0.15, 0.2) is 6.10 Å². The second-order valence-electron chi connectivity index (χ2n) is 11.8. The van der Waals surface area contributed by atoms with Crippen molar-refractivity contribution < 1.29 is 37.3 Å². The highest BCUT2D eigenvalue weighted by atomic mass is 31.2. The number of unbranched alkanes of at least 4 members (excludes halogenated alkanes) is 13. The Kier molecular flexibility index (Phi) is 20.1. The Morgan fingerprint density at radius 2 is 1.27 bits per heavy atom. The van der Waals surface area contributed by atoms with Gasteiger partial charge >= 0.3 is 13.8 Å². The predicted octanol–water partition coefficient (Wildman–Crippen LogP) is 7.03. The molecule has 0 heterocycles. The van der Waals surface area contributed by atoms with Gasteiger partial charge in [0.05, 0.1) is 27.7 Å². The van der Waals surface area contributed by atoms with E-state index in [0.29, 0.717) is 17.6 Å². The van der Waals surface area contributed by atoms with E-state index in [1.807, 2.05) is 21.1 Å². The molecule has 0 amide bonds. The summed E-state index contributed by atoms with van der Waals surface area (Å²) in [6.07, 6.45) is 17.2. The minimum atomic E-state index is -4.27. The van der Waals surface area contributed by atoms with Crippen LogP contribution in [0, 0.1) is 0 Å². The second-order valence-corrected chi connectivity index (χ2v) is 13.2. The van der Waals surface area contributed by atoms with Crippen LogP contribution in [0.15, 0.2) is 0 Å². The molecule has 9 heteroatoms. The van der Waals surface area contributed by atoms with Crippen LogP contribution in [0.2, 0.25) is 0 Å². The van der Waals surface area contributed by atoms with Crippen LogP contribution in [-0.2, 0) is 27.9 Å². The number of phosphoric ester groups is 1. The van der Waals surface area contributed by atoms with Gasteiger partial charge in [-0.15, -0.1) is 0 Å². The third kappa shape index (κ3) is 23.1. The third-order valence-electron chi connectivity index (χ3n) is 6.46. The smallest absolute Gasteiger partial charge is 0.457 e. The highest BCUT2D eigenvalue weighted by Crippen LogP contribution is 2.43. The maximum atomic E-state index is 12.2. The quantitative estimate of drug-likeness (QED) is 0.0562. The van der Waals surface area contributed by atoms with Gasteiger partial charge < -0.3 is 18.9 Å². The molecule has 0 aromatic carbocycles. The van der Waals surface area contributed by atoms with Crippen molar-refractivity contribution in [2.45, 2.75) is 129 Å². The highest BCUT2D eigenvalue weighted by molar-refractivity contribution is 7.47. The van der Waals surface area contributed by atoms with E-state index in [9.17, 15) is 14.3 Å². The number of carbonyl (C=O) groups excluding carboxylic acids is 1. The number of hydrogen-bond acceptors (Lipinski definition) is 6. The van der Waals surface area contributed by atoms with Crippen LogP contribution in [0.3, 0.4) is 0 Å². The molecule has 0 aliphatic heterocycles. The van der Waals surface area contributed by atoms with Crippen molar-refractivity contribution in [1.82, 2.24) is 0 Å². The molecule has 0 aromatic heterocycles. The van der Waals surface area contributed by atoms with Crippen molar-refractivity contribution in [1.29, 1.82) is 0 Å². The SMILES string of the molecule is CCCCCCCCCCCCCCCCOC(C)(C)C(COP(=O)(O)OCC[N+](C)(C)C)OC(C)=O. The van der Waals surface area contributed by atoms with Crippen LogP contribution >= 0.6 is 7.82 Å². The molecular formula is C28H59NO7P+. The van der Waals surface area contributed by atoms with E-state index in [1.54, 1.807) is 13.8 Å². The number of rotatable bonds is 25. The molecular weight excluding hydrogens is 493 g/mol. The maximum absolute atomic E-state index is 12.2. The number of ether oxygens (including phenoxy) is 2. The van der Waals surface area contributed by atoms with Crippen molar-refractivity contribution in [3.05, 3.63) is 0 Å². The lowest BCUT2D eigenvalue weighted by molar-refractivity contribution is -0.870. The minimum absolute atomic E-state index is 0.0779. The zero-order valence-corrected chi connectivity index (χ0v) is 26.0. The molecule has 0 radical (unpaired) electrons. The van der Waals surface area contributed by atoms with Crippen LogP contribution in [0.25, 0.3) is 0 Å². The Morgan fingerprint density at radius 1 is 0.811 bits per heavy atom. The molecule has 0 fully saturated rings. The van der Waals surface area contributed by atoms with E-state index in [-0.39, 0.29) is 13.2 Å². The molecule has 8 nitrogen and oxygen atoms in total. The van der Waals surface area contributed by atoms with Crippen molar-refractivity contribution in [3.63, 3.8) is 0 Å². The molecule has 0 bridgehead atoms. The van der Waals surface area contributed by atoms with E-state index in [4.69, 9.17) is 18.5 Å². The molecule has 2 unspecified atom stereocenters. The molecule has 0 aliphatic carbocycles. The first-order valence-electron chi connectivity index (χ1n) is 14.5. The fourth-order valence-corrected chi connectivity index (χ4v) is 4.64. The van der Waals surface area contributed by atoms with Crippen molar-refractivity contribution >= 4 is 13.8 Å². The van der Waals surface area contributed by atoms with Gasteiger partial charge in [0.2, 0.25) is 0 Å². The summed E-state index contributed by atoms with van der Waals surface area (Å²) in [5, 5.41) is 0. The molecule has 0 spiro atoms. The van der Waals surface area contributed by atoms with Gasteiger partial charge in [-0.2, -0.15) is 0 Å². The van der Waals surface area contributed by atoms with Gasteiger partial charge in [0.25, 0.3) is 0 Å². The number of phosphoric acid groups is 1. The summed E-state index contributed by atoms with van der Waals surface area (Å²) in [7, 11) is 1.61. The third-order valence-corrected chi connectivity index (χ3v) is 7.45. The Hall–Kier alpha value is -0.500. The van der Waals surface area contributed by atoms with Crippen LogP contribution < -0.4 is 0 Å². The number of esters is 1. The Morgan fingerprint density at radius 3 is 1.70 bits per heavy atom. The molecule has 0 aromatic rings. The van der Waals surface area contributed by atoms with Gasteiger partial charge in [-0.1, -0.05) is 90.4 Å². The van der Waals surface area contributed by atoms with E-state index < -0.39 is 25.5 Å². The van der Waals surface area contributed by atoms with Crippen LogP contribution in [0.5, 0.6) is 0 Å². The normalized spacial score (nSPS) is 14.9.